The normalized spacial score (nSPS) is 15.4. The van der Waals surface area contributed by atoms with Crippen molar-refractivity contribution < 1.29 is 9.59 Å². The molecule has 0 saturated carbocycles. The minimum atomic E-state index is -0.0227. The number of hydrogen-bond acceptors (Lipinski definition) is 4. The van der Waals surface area contributed by atoms with Crippen LogP contribution in [0.2, 0.25) is 0 Å². The van der Waals surface area contributed by atoms with E-state index in [1.807, 2.05) is 36.4 Å². The summed E-state index contributed by atoms with van der Waals surface area (Å²) in [6.07, 6.45) is 4.92. The second-order valence-corrected chi connectivity index (χ2v) is 11.0. The van der Waals surface area contributed by atoms with Gasteiger partial charge in [-0.3, -0.25) is 14.5 Å². The summed E-state index contributed by atoms with van der Waals surface area (Å²) in [6, 6.07) is 18.2. The van der Waals surface area contributed by atoms with E-state index in [9.17, 15) is 9.59 Å². The number of nitrogens with zero attached hydrogens (tertiary/aromatic N) is 1. The number of carbonyl (C=O) groups is 2. The molecule has 2 aromatic carbocycles. The molecule has 4 nitrogen and oxygen atoms in total. The number of thioether (sulfide) groups is 1. The summed E-state index contributed by atoms with van der Waals surface area (Å²) in [5.41, 5.74) is 3.47. The zero-order valence-electron chi connectivity index (χ0n) is 19.6. The molecule has 0 radical (unpaired) electrons. The van der Waals surface area contributed by atoms with Crippen molar-refractivity contribution in [1.29, 1.82) is 0 Å². The van der Waals surface area contributed by atoms with E-state index in [0.717, 1.165) is 30.4 Å². The Labute approximate surface area is 206 Å². The Morgan fingerprint density at radius 2 is 1.73 bits per heavy atom. The number of carbonyl (C=O) groups excluding carboxylic acids is 2. The second kappa shape index (κ2) is 11.6. The summed E-state index contributed by atoms with van der Waals surface area (Å²) in [5, 5.41) is 2.95. The monoisotopic (exact) mass is 480 g/mol. The SMILES string of the molecule is CC(C)(C)c1ccc(/C=C2\SC(=S)N(CCCCCC(=O)NCc3ccccc3)C2=O)cc1. The van der Waals surface area contributed by atoms with Crippen molar-refractivity contribution in [2.24, 2.45) is 0 Å². The summed E-state index contributed by atoms with van der Waals surface area (Å²) in [7, 11) is 0. The molecule has 0 bridgehead atoms. The van der Waals surface area contributed by atoms with Gasteiger partial charge in [-0.05, 0) is 41.0 Å². The molecular weight excluding hydrogens is 448 g/mol. The molecule has 1 aliphatic heterocycles. The maximum absolute atomic E-state index is 12.8. The van der Waals surface area contributed by atoms with Crippen molar-refractivity contribution in [3.8, 4) is 0 Å². The van der Waals surface area contributed by atoms with Gasteiger partial charge in [0.2, 0.25) is 5.91 Å². The van der Waals surface area contributed by atoms with Gasteiger partial charge in [-0.1, -0.05) is 106 Å². The van der Waals surface area contributed by atoms with E-state index in [1.54, 1.807) is 4.90 Å². The molecule has 6 heteroatoms. The number of benzene rings is 2. The smallest absolute Gasteiger partial charge is 0.266 e. The van der Waals surface area contributed by atoms with E-state index in [1.165, 1.54) is 17.3 Å². The molecule has 2 aromatic rings. The van der Waals surface area contributed by atoms with Crippen LogP contribution in [0.5, 0.6) is 0 Å². The maximum Gasteiger partial charge on any atom is 0.266 e. The first-order valence-corrected chi connectivity index (χ1v) is 12.6. The van der Waals surface area contributed by atoms with Gasteiger partial charge in [0.25, 0.3) is 5.91 Å². The van der Waals surface area contributed by atoms with Crippen LogP contribution in [-0.2, 0) is 21.5 Å². The number of unbranched alkanes of at least 4 members (excludes halogenated alkanes) is 2. The van der Waals surface area contributed by atoms with Crippen LogP contribution in [-0.4, -0.2) is 27.6 Å². The van der Waals surface area contributed by atoms with Crippen molar-refractivity contribution in [2.45, 2.75) is 58.4 Å². The van der Waals surface area contributed by atoms with Gasteiger partial charge in [0, 0.05) is 19.5 Å². The van der Waals surface area contributed by atoms with Gasteiger partial charge >= 0.3 is 0 Å². The fraction of sp³-hybridized carbons (Fsp3) is 0.370. The zero-order valence-corrected chi connectivity index (χ0v) is 21.2. The highest BCUT2D eigenvalue weighted by atomic mass is 32.2. The Balaban J connectivity index is 1.41. The number of thiocarbonyl (C=S) groups is 1. The van der Waals surface area contributed by atoms with Gasteiger partial charge in [0.15, 0.2) is 0 Å². The first-order valence-electron chi connectivity index (χ1n) is 11.4. The Kier molecular flexibility index (Phi) is 8.87. The molecule has 0 aliphatic carbocycles. The Bertz CT molecular complexity index is 1010. The molecule has 1 N–H and O–H groups in total. The van der Waals surface area contributed by atoms with Gasteiger partial charge in [0.1, 0.15) is 4.32 Å². The average Bonchev–Trinajstić information content (AvgIpc) is 3.05. The van der Waals surface area contributed by atoms with Crippen LogP contribution in [0.3, 0.4) is 0 Å². The van der Waals surface area contributed by atoms with Gasteiger partial charge in [-0.25, -0.2) is 0 Å². The minimum absolute atomic E-state index is 0.0227. The van der Waals surface area contributed by atoms with Crippen LogP contribution in [0.1, 0.15) is 63.1 Å². The summed E-state index contributed by atoms with van der Waals surface area (Å²) < 4.78 is 0.609. The van der Waals surface area contributed by atoms with E-state index in [4.69, 9.17) is 12.2 Å². The van der Waals surface area contributed by atoms with E-state index < -0.39 is 0 Å². The molecule has 33 heavy (non-hydrogen) atoms. The van der Waals surface area contributed by atoms with Crippen LogP contribution in [0.25, 0.3) is 6.08 Å². The predicted molar refractivity (Wildman–Crippen MR) is 142 cm³/mol. The number of amides is 2. The Morgan fingerprint density at radius 3 is 2.39 bits per heavy atom. The molecule has 0 unspecified atom stereocenters. The van der Waals surface area contributed by atoms with E-state index in [2.05, 4.69) is 50.4 Å². The van der Waals surface area contributed by atoms with Crippen LogP contribution < -0.4 is 5.32 Å². The Morgan fingerprint density at radius 1 is 1.03 bits per heavy atom. The maximum atomic E-state index is 12.8. The fourth-order valence-corrected chi connectivity index (χ4v) is 4.85. The van der Waals surface area contributed by atoms with Crippen molar-refractivity contribution in [2.75, 3.05) is 6.54 Å². The molecule has 1 aliphatic rings. The highest BCUT2D eigenvalue weighted by molar-refractivity contribution is 8.26. The molecular formula is C27H32N2O2S2. The lowest BCUT2D eigenvalue weighted by atomic mass is 9.87. The highest BCUT2D eigenvalue weighted by Crippen LogP contribution is 2.33. The fourth-order valence-electron chi connectivity index (χ4n) is 3.54. The molecule has 2 amide bonds. The molecule has 174 valence electrons. The van der Waals surface area contributed by atoms with Crippen LogP contribution in [0, 0.1) is 0 Å². The third-order valence-corrected chi connectivity index (χ3v) is 6.94. The first kappa shape index (κ1) is 25.2. The highest BCUT2D eigenvalue weighted by Gasteiger charge is 2.31. The molecule has 1 heterocycles. The van der Waals surface area contributed by atoms with E-state index >= 15 is 0 Å². The van der Waals surface area contributed by atoms with Gasteiger partial charge in [-0.15, -0.1) is 0 Å². The van der Waals surface area contributed by atoms with Crippen molar-refractivity contribution in [3.63, 3.8) is 0 Å². The summed E-state index contributed by atoms with van der Waals surface area (Å²) in [4.78, 5) is 27.2. The van der Waals surface area contributed by atoms with Crippen LogP contribution in [0.15, 0.2) is 59.5 Å². The minimum Gasteiger partial charge on any atom is -0.352 e. The number of nitrogens with one attached hydrogen (secondary N) is 1. The van der Waals surface area contributed by atoms with Gasteiger partial charge < -0.3 is 5.32 Å². The molecule has 0 aromatic heterocycles. The molecule has 0 atom stereocenters. The Hall–Kier alpha value is -2.44. The number of hydrogen-bond donors (Lipinski definition) is 1. The quantitative estimate of drug-likeness (QED) is 0.269. The molecule has 0 spiro atoms. The molecule has 1 fully saturated rings. The predicted octanol–water partition coefficient (Wildman–Crippen LogP) is 6.06. The topological polar surface area (TPSA) is 49.4 Å². The van der Waals surface area contributed by atoms with Crippen LogP contribution >= 0.6 is 24.0 Å². The van der Waals surface area contributed by atoms with Crippen LogP contribution in [0.4, 0.5) is 0 Å². The molecule has 3 rings (SSSR count). The lowest BCUT2D eigenvalue weighted by Gasteiger charge is -2.18. The van der Waals surface area contributed by atoms with Crippen molar-refractivity contribution in [1.82, 2.24) is 10.2 Å². The van der Waals surface area contributed by atoms with E-state index in [0.29, 0.717) is 28.7 Å². The zero-order chi connectivity index (χ0) is 23.8. The largest absolute Gasteiger partial charge is 0.352 e. The second-order valence-electron chi connectivity index (χ2n) is 9.28. The average molecular weight is 481 g/mol. The van der Waals surface area contributed by atoms with Crippen molar-refractivity contribution in [3.05, 3.63) is 76.2 Å². The van der Waals surface area contributed by atoms with Crippen molar-refractivity contribution >= 4 is 46.2 Å². The summed E-state index contributed by atoms with van der Waals surface area (Å²) >= 11 is 6.81. The van der Waals surface area contributed by atoms with E-state index in [-0.39, 0.29) is 17.2 Å². The van der Waals surface area contributed by atoms with Gasteiger partial charge in [-0.2, -0.15) is 0 Å². The third-order valence-electron chi connectivity index (χ3n) is 5.57. The molecule has 1 saturated heterocycles. The summed E-state index contributed by atoms with van der Waals surface area (Å²) in [6.45, 7) is 7.71. The third kappa shape index (κ3) is 7.54. The summed E-state index contributed by atoms with van der Waals surface area (Å²) in [5.74, 6) is 0.0374. The first-order chi connectivity index (χ1) is 15.7. The lowest BCUT2D eigenvalue weighted by molar-refractivity contribution is -0.123. The lowest BCUT2D eigenvalue weighted by Crippen LogP contribution is -2.29. The number of rotatable bonds is 9. The standard InChI is InChI=1S/C27H32N2O2S2/c1-27(2,3)22-15-13-20(14-16-22)18-23-25(31)29(26(32)33-23)17-9-5-8-12-24(30)28-19-21-10-6-4-7-11-21/h4,6-7,10-11,13-16,18H,5,8-9,12,17,19H2,1-3H3,(H,28,30)/b23-18-. The van der Waals surface area contributed by atoms with Gasteiger partial charge in [0.05, 0.1) is 4.91 Å².